The van der Waals surface area contributed by atoms with E-state index in [1.54, 1.807) is 16.2 Å². The topological polar surface area (TPSA) is 81.7 Å². The summed E-state index contributed by atoms with van der Waals surface area (Å²) in [6.45, 7) is 14.7. The standard InChI is InChI=1S/C27H39N3O3S/c1-17-12-13-34-22(17)19-10-8-18(9-11-19)15-28-24(32)21-14-20(31)16-30(21)25(33)23(26(2,3)4)29-27(5,6)7/h8-13,20-21,23,29,31H,14-16H2,1-7H3,(H,28,32)/t20-,21-,23+/m0/s1. The molecule has 2 aromatic rings. The molecule has 2 heterocycles. The quantitative estimate of drug-likeness (QED) is 0.575. The number of benzene rings is 1. The number of thiophene rings is 1. The van der Waals surface area contributed by atoms with Crippen molar-refractivity contribution in [1.82, 2.24) is 15.5 Å². The van der Waals surface area contributed by atoms with E-state index >= 15 is 0 Å². The van der Waals surface area contributed by atoms with E-state index in [1.807, 2.05) is 53.7 Å². The van der Waals surface area contributed by atoms with E-state index in [4.69, 9.17) is 0 Å². The Morgan fingerprint density at radius 1 is 1.12 bits per heavy atom. The molecule has 0 unspecified atom stereocenters. The van der Waals surface area contributed by atoms with Crippen molar-refractivity contribution in [3.8, 4) is 10.4 Å². The summed E-state index contributed by atoms with van der Waals surface area (Å²) < 4.78 is 0. The number of aliphatic hydroxyl groups excluding tert-OH is 1. The lowest BCUT2D eigenvalue weighted by molar-refractivity contribution is -0.142. The zero-order valence-electron chi connectivity index (χ0n) is 21.4. The Morgan fingerprint density at radius 2 is 1.76 bits per heavy atom. The summed E-state index contributed by atoms with van der Waals surface area (Å²) in [6, 6.07) is 9.14. The zero-order chi connectivity index (χ0) is 25.3. The molecule has 1 aromatic heterocycles. The monoisotopic (exact) mass is 485 g/mol. The lowest BCUT2D eigenvalue weighted by atomic mass is 9.84. The molecular weight excluding hydrogens is 446 g/mol. The lowest BCUT2D eigenvalue weighted by Gasteiger charge is -2.39. The van der Waals surface area contributed by atoms with E-state index < -0.39 is 18.2 Å². The molecule has 0 radical (unpaired) electrons. The molecule has 2 amide bonds. The third-order valence-electron chi connectivity index (χ3n) is 6.10. The van der Waals surface area contributed by atoms with Crippen molar-refractivity contribution in [3.05, 3.63) is 46.8 Å². The van der Waals surface area contributed by atoms with Crippen molar-refractivity contribution in [2.45, 2.75) is 85.2 Å². The molecule has 3 N–H and O–H groups in total. The molecule has 1 aliphatic heterocycles. The van der Waals surface area contributed by atoms with Crippen molar-refractivity contribution in [1.29, 1.82) is 0 Å². The highest BCUT2D eigenvalue weighted by atomic mass is 32.1. The van der Waals surface area contributed by atoms with Crippen molar-refractivity contribution in [2.24, 2.45) is 5.41 Å². The molecule has 0 aliphatic carbocycles. The number of nitrogens with one attached hydrogen (secondary N) is 2. The van der Waals surface area contributed by atoms with Crippen LogP contribution in [0.25, 0.3) is 10.4 Å². The molecule has 0 saturated carbocycles. The first-order chi connectivity index (χ1) is 15.8. The van der Waals surface area contributed by atoms with Crippen LogP contribution in [0.15, 0.2) is 35.7 Å². The van der Waals surface area contributed by atoms with Gasteiger partial charge in [-0.1, -0.05) is 45.0 Å². The Bertz CT molecular complexity index is 1000. The molecule has 7 heteroatoms. The molecule has 1 aromatic carbocycles. The SMILES string of the molecule is Cc1ccsc1-c1ccc(CNC(=O)[C@@H]2C[C@H](O)CN2C(=O)[C@@H](NC(C)(C)C)C(C)(C)C)cc1. The van der Waals surface area contributed by atoms with Crippen LogP contribution in [0, 0.1) is 12.3 Å². The van der Waals surface area contributed by atoms with Crippen LogP contribution in [-0.4, -0.2) is 52.1 Å². The molecule has 1 aliphatic rings. The minimum atomic E-state index is -0.705. The fraction of sp³-hybridized carbons (Fsp3) is 0.556. The van der Waals surface area contributed by atoms with Crippen molar-refractivity contribution >= 4 is 23.2 Å². The van der Waals surface area contributed by atoms with Crippen LogP contribution in [0.5, 0.6) is 0 Å². The second kappa shape index (κ2) is 10.2. The molecule has 0 bridgehead atoms. The summed E-state index contributed by atoms with van der Waals surface area (Å²) in [7, 11) is 0. The van der Waals surface area contributed by atoms with E-state index in [0.717, 1.165) is 11.1 Å². The van der Waals surface area contributed by atoms with Crippen LogP contribution in [0.3, 0.4) is 0 Å². The Morgan fingerprint density at radius 3 is 2.29 bits per heavy atom. The summed E-state index contributed by atoms with van der Waals surface area (Å²) >= 11 is 1.72. The van der Waals surface area contributed by atoms with Gasteiger partial charge in [-0.3, -0.25) is 9.59 Å². The summed E-state index contributed by atoms with van der Waals surface area (Å²) in [6.07, 6.45) is -0.455. The molecule has 1 fully saturated rings. The number of aryl methyl sites for hydroxylation is 1. The average molecular weight is 486 g/mol. The molecule has 1 saturated heterocycles. The molecule has 3 rings (SSSR count). The number of hydrogen-bond donors (Lipinski definition) is 3. The fourth-order valence-electron chi connectivity index (χ4n) is 4.30. The van der Waals surface area contributed by atoms with E-state index in [-0.39, 0.29) is 35.7 Å². The van der Waals surface area contributed by atoms with Gasteiger partial charge in [-0.05, 0) is 61.2 Å². The number of nitrogens with zero attached hydrogens (tertiary/aromatic N) is 1. The van der Waals surface area contributed by atoms with Crippen LogP contribution >= 0.6 is 11.3 Å². The van der Waals surface area contributed by atoms with Crippen LogP contribution in [0.4, 0.5) is 0 Å². The number of aliphatic hydroxyl groups is 1. The van der Waals surface area contributed by atoms with Gasteiger partial charge in [0.05, 0.1) is 12.1 Å². The normalized spacial score (nSPS) is 19.8. The molecule has 6 nitrogen and oxygen atoms in total. The van der Waals surface area contributed by atoms with E-state index in [1.165, 1.54) is 10.4 Å². The third-order valence-corrected chi connectivity index (χ3v) is 7.17. The van der Waals surface area contributed by atoms with E-state index in [0.29, 0.717) is 6.54 Å². The summed E-state index contributed by atoms with van der Waals surface area (Å²) in [4.78, 5) is 29.5. The Hall–Kier alpha value is -2.22. The maximum atomic E-state index is 13.6. The number of rotatable bonds is 6. The van der Waals surface area contributed by atoms with Crippen molar-refractivity contribution in [3.63, 3.8) is 0 Å². The number of hydrogen-bond acceptors (Lipinski definition) is 5. The van der Waals surface area contributed by atoms with Crippen LogP contribution in [0.1, 0.15) is 59.1 Å². The minimum Gasteiger partial charge on any atom is -0.391 e. The van der Waals surface area contributed by atoms with Gasteiger partial charge in [-0.2, -0.15) is 0 Å². The molecule has 0 spiro atoms. The van der Waals surface area contributed by atoms with Crippen molar-refractivity contribution in [2.75, 3.05) is 6.54 Å². The number of amides is 2. The summed E-state index contributed by atoms with van der Waals surface area (Å²) in [5.41, 5.74) is 2.80. The van der Waals surface area contributed by atoms with Crippen molar-refractivity contribution < 1.29 is 14.7 Å². The van der Waals surface area contributed by atoms with Gasteiger partial charge in [0.25, 0.3) is 0 Å². The lowest BCUT2D eigenvalue weighted by Crippen LogP contribution is -2.60. The van der Waals surface area contributed by atoms with E-state index in [2.05, 4.69) is 41.1 Å². The predicted octanol–water partition coefficient (Wildman–Crippen LogP) is 4.10. The Kier molecular flexibility index (Phi) is 7.90. The van der Waals surface area contributed by atoms with Gasteiger partial charge in [0.2, 0.25) is 11.8 Å². The highest BCUT2D eigenvalue weighted by Gasteiger charge is 2.44. The van der Waals surface area contributed by atoms with Crippen LogP contribution in [-0.2, 0) is 16.1 Å². The van der Waals surface area contributed by atoms with Gasteiger partial charge in [-0.15, -0.1) is 11.3 Å². The summed E-state index contributed by atoms with van der Waals surface area (Å²) in [5, 5.41) is 18.8. The highest BCUT2D eigenvalue weighted by molar-refractivity contribution is 7.13. The summed E-state index contributed by atoms with van der Waals surface area (Å²) in [5.74, 6) is -0.374. The van der Waals surface area contributed by atoms with Gasteiger partial charge in [-0.25, -0.2) is 0 Å². The average Bonchev–Trinajstić information content (AvgIpc) is 3.34. The van der Waals surface area contributed by atoms with Gasteiger partial charge in [0.1, 0.15) is 6.04 Å². The Balaban J connectivity index is 1.68. The first kappa shape index (κ1) is 26.4. The maximum Gasteiger partial charge on any atom is 0.243 e. The second-order valence-corrected chi connectivity index (χ2v) is 12.4. The third kappa shape index (κ3) is 6.46. The number of carbonyl (C=O) groups excluding carboxylic acids is 2. The van der Waals surface area contributed by atoms with Gasteiger partial charge in [0, 0.05) is 29.9 Å². The highest BCUT2D eigenvalue weighted by Crippen LogP contribution is 2.30. The van der Waals surface area contributed by atoms with E-state index in [9.17, 15) is 14.7 Å². The molecule has 3 atom stereocenters. The van der Waals surface area contributed by atoms with Crippen LogP contribution < -0.4 is 10.6 Å². The Labute approximate surface area is 207 Å². The molecule has 186 valence electrons. The first-order valence-electron chi connectivity index (χ1n) is 11.9. The van der Waals surface area contributed by atoms with Gasteiger partial charge < -0.3 is 20.6 Å². The van der Waals surface area contributed by atoms with Gasteiger partial charge >= 0.3 is 0 Å². The predicted molar refractivity (Wildman–Crippen MR) is 139 cm³/mol. The largest absolute Gasteiger partial charge is 0.391 e. The number of carbonyl (C=O) groups is 2. The smallest absolute Gasteiger partial charge is 0.243 e. The molecular formula is C27H39N3O3S. The second-order valence-electron chi connectivity index (χ2n) is 11.4. The number of β-amino-alcohol motifs (C(OH)–C–C–N with tert-alkyl or cyclic N) is 1. The first-order valence-corrected chi connectivity index (χ1v) is 12.8. The molecule has 34 heavy (non-hydrogen) atoms. The maximum absolute atomic E-state index is 13.6. The minimum absolute atomic E-state index is 0.144. The van der Waals surface area contributed by atoms with Crippen LogP contribution in [0.2, 0.25) is 0 Å². The zero-order valence-corrected chi connectivity index (χ0v) is 22.3. The number of likely N-dealkylation sites (tertiary alicyclic amines) is 1. The van der Waals surface area contributed by atoms with Gasteiger partial charge in [0.15, 0.2) is 0 Å². The fourth-order valence-corrected chi connectivity index (χ4v) is 5.24.